The Morgan fingerprint density at radius 1 is 1.42 bits per heavy atom. The molecule has 2 atom stereocenters. The van der Waals surface area contributed by atoms with Crippen molar-refractivity contribution in [2.45, 2.75) is 12.1 Å². The molecule has 102 valence electrons. The van der Waals surface area contributed by atoms with Gasteiger partial charge in [-0.1, -0.05) is 11.2 Å². The number of nitrogens with zero attached hydrogens (tertiary/aromatic N) is 3. The number of hydrogen-bond donors (Lipinski definition) is 1. The second kappa shape index (κ2) is 6.29. The first-order chi connectivity index (χ1) is 9.26. The number of aliphatic hydroxyl groups excluding tert-OH is 1. The molecule has 0 aromatic heterocycles. The number of fused-ring (bicyclic) bond motifs is 1. The summed E-state index contributed by atoms with van der Waals surface area (Å²) in [6.07, 6.45) is -0.952. The average Bonchev–Trinajstić information content (AvgIpc) is 2.46. The van der Waals surface area contributed by atoms with Gasteiger partial charge in [0.15, 0.2) is 11.5 Å². The van der Waals surface area contributed by atoms with Crippen LogP contribution in [0.2, 0.25) is 0 Å². The maximum Gasteiger partial charge on any atom is 0.161 e. The molecule has 0 saturated carbocycles. The van der Waals surface area contributed by atoms with Crippen LogP contribution in [-0.2, 0) is 4.74 Å². The van der Waals surface area contributed by atoms with Gasteiger partial charge in [-0.15, -0.1) is 0 Å². The molecule has 1 aromatic carbocycles. The Hall–Kier alpha value is -1.95. The summed E-state index contributed by atoms with van der Waals surface area (Å²) < 4.78 is 15.8. The Morgan fingerprint density at radius 2 is 2.16 bits per heavy atom. The fourth-order valence-electron chi connectivity index (χ4n) is 1.89. The summed E-state index contributed by atoms with van der Waals surface area (Å²) in [6, 6.07) is 4.45. The van der Waals surface area contributed by atoms with Crippen molar-refractivity contribution < 1.29 is 19.3 Å². The lowest BCUT2D eigenvalue weighted by Crippen LogP contribution is -2.22. The molecule has 1 aliphatic heterocycles. The van der Waals surface area contributed by atoms with Crippen molar-refractivity contribution in [3.05, 3.63) is 34.2 Å². The number of rotatable bonds is 5. The largest absolute Gasteiger partial charge is 0.486 e. The van der Waals surface area contributed by atoms with Crippen LogP contribution in [0.5, 0.6) is 11.5 Å². The fraction of sp³-hybridized carbons (Fsp3) is 0.500. The first-order valence-electron chi connectivity index (χ1n) is 5.87. The predicted octanol–water partition coefficient (Wildman–Crippen LogP) is 1.82. The number of methoxy groups -OCH3 is 1. The quantitative estimate of drug-likeness (QED) is 0.499. The van der Waals surface area contributed by atoms with E-state index in [-0.39, 0.29) is 6.61 Å². The predicted molar refractivity (Wildman–Crippen MR) is 67.2 cm³/mol. The maximum absolute atomic E-state index is 10.2. The smallest absolute Gasteiger partial charge is 0.161 e. The van der Waals surface area contributed by atoms with Gasteiger partial charge in [0.1, 0.15) is 13.2 Å². The first kappa shape index (κ1) is 13.5. The molecule has 0 spiro atoms. The monoisotopic (exact) mass is 265 g/mol. The van der Waals surface area contributed by atoms with Crippen LogP contribution in [0.25, 0.3) is 10.4 Å². The number of aliphatic hydroxyl groups is 1. The highest BCUT2D eigenvalue weighted by Gasteiger charge is 2.22. The average molecular weight is 265 g/mol. The number of hydrogen-bond acceptors (Lipinski definition) is 5. The highest BCUT2D eigenvalue weighted by molar-refractivity contribution is 5.44. The van der Waals surface area contributed by atoms with Crippen molar-refractivity contribution >= 4 is 0 Å². The van der Waals surface area contributed by atoms with Gasteiger partial charge >= 0.3 is 0 Å². The lowest BCUT2D eigenvalue weighted by Gasteiger charge is -2.22. The molecule has 1 aliphatic rings. The van der Waals surface area contributed by atoms with Gasteiger partial charge in [0.05, 0.1) is 18.8 Å². The van der Waals surface area contributed by atoms with Crippen molar-refractivity contribution in [1.29, 1.82) is 0 Å². The van der Waals surface area contributed by atoms with E-state index in [0.717, 1.165) is 0 Å². The number of azide groups is 1. The summed E-state index contributed by atoms with van der Waals surface area (Å²) in [6.45, 7) is 1.13. The van der Waals surface area contributed by atoms with E-state index < -0.39 is 12.1 Å². The van der Waals surface area contributed by atoms with E-state index in [2.05, 4.69) is 10.0 Å². The summed E-state index contributed by atoms with van der Waals surface area (Å²) >= 11 is 0. The highest BCUT2D eigenvalue weighted by atomic mass is 16.6. The van der Waals surface area contributed by atoms with Crippen LogP contribution in [0, 0.1) is 0 Å². The van der Waals surface area contributed by atoms with Gasteiger partial charge in [-0.2, -0.15) is 0 Å². The topological polar surface area (TPSA) is 96.7 Å². The van der Waals surface area contributed by atoms with Gasteiger partial charge in [0, 0.05) is 12.0 Å². The molecule has 1 aromatic rings. The third-order valence-corrected chi connectivity index (χ3v) is 2.81. The first-order valence-corrected chi connectivity index (χ1v) is 5.87. The summed E-state index contributed by atoms with van der Waals surface area (Å²) in [7, 11) is 1.48. The standard InChI is InChI=1S/C12H15N3O4/c1-17-7-9(14-15-13)12(16)8-2-3-10-11(6-8)19-5-4-18-10/h2-3,6,9,12,16H,4-5,7H2,1H3/t9-,12-/m1/s1. The van der Waals surface area contributed by atoms with Crippen LogP contribution in [0.1, 0.15) is 11.7 Å². The zero-order chi connectivity index (χ0) is 13.7. The van der Waals surface area contributed by atoms with Crippen LogP contribution in [0.4, 0.5) is 0 Å². The minimum absolute atomic E-state index is 0.139. The Bertz CT molecular complexity index is 488. The molecule has 0 radical (unpaired) electrons. The lowest BCUT2D eigenvalue weighted by atomic mass is 10.0. The van der Waals surface area contributed by atoms with Crippen molar-refractivity contribution in [3.63, 3.8) is 0 Å². The van der Waals surface area contributed by atoms with Crippen LogP contribution in [-0.4, -0.2) is 38.1 Å². The normalized spacial score (nSPS) is 16.3. The minimum atomic E-state index is -0.952. The molecule has 2 rings (SSSR count). The molecular weight excluding hydrogens is 250 g/mol. The number of ether oxygens (including phenoxy) is 3. The van der Waals surface area contributed by atoms with Gasteiger partial charge in [0.25, 0.3) is 0 Å². The van der Waals surface area contributed by atoms with Crippen molar-refractivity contribution in [2.24, 2.45) is 5.11 Å². The summed E-state index contributed by atoms with van der Waals surface area (Å²) in [5.41, 5.74) is 9.09. The van der Waals surface area contributed by atoms with Gasteiger partial charge in [-0.05, 0) is 23.2 Å². The molecule has 0 amide bonds. The van der Waals surface area contributed by atoms with Gasteiger partial charge in [-0.3, -0.25) is 0 Å². The van der Waals surface area contributed by atoms with E-state index in [0.29, 0.717) is 30.3 Å². The Morgan fingerprint density at radius 3 is 2.84 bits per heavy atom. The van der Waals surface area contributed by atoms with Gasteiger partial charge in [-0.25, -0.2) is 0 Å². The van der Waals surface area contributed by atoms with Crippen molar-refractivity contribution in [2.75, 3.05) is 26.9 Å². The Labute approximate surface area is 110 Å². The van der Waals surface area contributed by atoms with Crippen LogP contribution in [0.15, 0.2) is 23.3 Å². The van der Waals surface area contributed by atoms with Crippen LogP contribution in [0.3, 0.4) is 0 Å². The molecule has 1 heterocycles. The zero-order valence-electron chi connectivity index (χ0n) is 10.5. The number of benzene rings is 1. The fourth-order valence-corrected chi connectivity index (χ4v) is 1.89. The summed E-state index contributed by atoms with van der Waals surface area (Å²) in [4.78, 5) is 2.72. The molecule has 0 unspecified atom stereocenters. The molecule has 0 bridgehead atoms. The molecular formula is C12H15N3O4. The van der Waals surface area contributed by atoms with Crippen molar-refractivity contribution in [1.82, 2.24) is 0 Å². The molecule has 7 heteroatoms. The minimum Gasteiger partial charge on any atom is -0.486 e. The Kier molecular flexibility index (Phi) is 4.46. The summed E-state index contributed by atoms with van der Waals surface area (Å²) in [5, 5.41) is 13.7. The zero-order valence-corrected chi connectivity index (χ0v) is 10.5. The third-order valence-electron chi connectivity index (χ3n) is 2.81. The van der Waals surface area contributed by atoms with Crippen LogP contribution < -0.4 is 9.47 Å². The van der Waals surface area contributed by atoms with Crippen molar-refractivity contribution in [3.8, 4) is 11.5 Å². The van der Waals surface area contributed by atoms with E-state index in [1.807, 2.05) is 0 Å². The molecule has 1 N–H and O–H groups in total. The maximum atomic E-state index is 10.2. The molecule has 0 aliphatic carbocycles. The second-order valence-electron chi connectivity index (χ2n) is 4.08. The van der Waals surface area contributed by atoms with Crippen LogP contribution >= 0.6 is 0 Å². The SMILES string of the molecule is COC[C@@H](N=[N+]=[N-])[C@H](O)c1ccc2c(c1)OCCO2. The molecule has 7 nitrogen and oxygen atoms in total. The van der Waals surface area contributed by atoms with E-state index >= 15 is 0 Å². The van der Waals surface area contributed by atoms with E-state index in [4.69, 9.17) is 19.7 Å². The van der Waals surface area contributed by atoms with E-state index in [1.165, 1.54) is 7.11 Å². The highest BCUT2D eigenvalue weighted by Crippen LogP contribution is 2.33. The second-order valence-corrected chi connectivity index (χ2v) is 4.08. The Balaban J connectivity index is 2.22. The third kappa shape index (κ3) is 3.08. The summed E-state index contributed by atoms with van der Waals surface area (Å²) in [5.74, 6) is 1.23. The van der Waals surface area contributed by atoms with E-state index in [1.54, 1.807) is 18.2 Å². The van der Waals surface area contributed by atoms with E-state index in [9.17, 15) is 5.11 Å². The molecule has 0 fully saturated rings. The molecule has 19 heavy (non-hydrogen) atoms. The van der Waals surface area contributed by atoms with Gasteiger partial charge < -0.3 is 19.3 Å². The van der Waals surface area contributed by atoms with Gasteiger partial charge in [0.2, 0.25) is 0 Å². The molecule has 0 saturated heterocycles. The lowest BCUT2D eigenvalue weighted by molar-refractivity contribution is 0.0868.